The Bertz CT molecular complexity index is 1200. The van der Waals surface area contributed by atoms with Gasteiger partial charge in [-0.2, -0.15) is 5.10 Å². The van der Waals surface area contributed by atoms with Gasteiger partial charge in [0.05, 0.1) is 12.2 Å². The monoisotopic (exact) mass is 451 g/mol. The summed E-state index contributed by atoms with van der Waals surface area (Å²) in [5, 5.41) is 14.9. The van der Waals surface area contributed by atoms with E-state index in [1.54, 1.807) is 46.2 Å². The Morgan fingerprint density at radius 1 is 1.12 bits per heavy atom. The van der Waals surface area contributed by atoms with Crippen molar-refractivity contribution in [2.45, 2.75) is 13.1 Å². The maximum Gasteiger partial charge on any atom is 0.244 e. The van der Waals surface area contributed by atoms with E-state index in [4.69, 9.17) is 9.05 Å². The second kappa shape index (κ2) is 9.15. The van der Waals surface area contributed by atoms with Crippen LogP contribution in [-0.2, 0) is 17.9 Å². The number of hydrogen-bond acceptors (Lipinski definition) is 8. The van der Waals surface area contributed by atoms with Crippen molar-refractivity contribution in [3.8, 4) is 11.3 Å². The van der Waals surface area contributed by atoms with Crippen molar-refractivity contribution >= 4 is 17.4 Å². The lowest BCUT2D eigenvalue weighted by atomic mass is 10.1. The van der Waals surface area contributed by atoms with Crippen LogP contribution in [0, 0.1) is 5.82 Å². The maximum atomic E-state index is 14.9. The summed E-state index contributed by atoms with van der Waals surface area (Å²) in [4.78, 5) is 16.2. The minimum absolute atomic E-state index is 0.00838. The summed E-state index contributed by atoms with van der Waals surface area (Å²) < 4.78 is 26.6. The van der Waals surface area contributed by atoms with Gasteiger partial charge in [0.2, 0.25) is 5.91 Å². The zero-order valence-electron chi connectivity index (χ0n) is 17.7. The third kappa shape index (κ3) is 4.71. The molecule has 0 bridgehead atoms. The minimum atomic E-state index is -0.339. The predicted octanol–water partition coefficient (Wildman–Crippen LogP) is 2.63. The Kier molecular flexibility index (Phi) is 5.75. The number of aromatic nitrogens is 4. The van der Waals surface area contributed by atoms with Crippen molar-refractivity contribution in [1.82, 2.24) is 25.0 Å². The first-order chi connectivity index (χ1) is 16.2. The second-order valence-electron chi connectivity index (χ2n) is 7.65. The lowest BCUT2D eigenvalue weighted by Gasteiger charge is -2.36. The number of carbonyl (C=O) groups excluding carboxylic acids is 1. The molecular weight excluding hydrogens is 429 g/mol. The molecule has 1 amide bonds. The minimum Gasteiger partial charge on any atom is -0.366 e. The predicted molar refractivity (Wildman–Crippen MR) is 117 cm³/mol. The lowest BCUT2D eigenvalue weighted by Crippen LogP contribution is -2.49. The van der Waals surface area contributed by atoms with Crippen molar-refractivity contribution in [2.24, 2.45) is 0 Å². The Labute approximate surface area is 188 Å². The molecule has 11 heteroatoms. The van der Waals surface area contributed by atoms with Gasteiger partial charge >= 0.3 is 0 Å². The zero-order valence-corrected chi connectivity index (χ0v) is 17.7. The largest absolute Gasteiger partial charge is 0.366 e. The highest BCUT2D eigenvalue weighted by atomic mass is 19.1. The zero-order chi connectivity index (χ0) is 22.6. The van der Waals surface area contributed by atoms with Crippen molar-refractivity contribution in [2.75, 3.05) is 36.4 Å². The molecule has 10 nitrogen and oxygen atoms in total. The summed E-state index contributed by atoms with van der Waals surface area (Å²) in [6.07, 6.45) is 4.88. The van der Waals surface area contributed by atoms with Crippen molar-refractivity contribution in [3.05, 3.63) is 66.6 Å². The van der Waals surface area contributed by atoms with Gasteiger partial charge in [-0.3, -0.25) is 9.48 Å². The van der Waals surface area contributed by atoms with Gasteiger partial charge in [0.15, 0.2) is 11.6 Å². The highest BCUT2D eigenvalue weighted by Crippen LogP contribution is 2.27. The van der Waals surface area contributed by atoms with Crippen LogP contribution in [-0.4, -0.2) is 57.1 Å². The first-order valence-corrected chi connectivity index (χ1v) is 10.6. The third-order valence-electron chi connectivity index (χ3n) is 5.51. The summed E-state index contributed by atoms with van der Waals surface area (Å²) in [5.74, 6) is 0.850. The summed E-state index contributed by atoms with van der Waals surface area (Å²) >= 11 is 0. The van der Waals surface area contributed by atoms with Crippen LogP contribution < -0.4 is 10.2 Å². The van der Waals surface area contributed by atoms with E-state index in [2.05, 4.69) is 20.7 Å². The van der Waals surface area contributed by atoms with Crippen LogP contribution in [0.5, 0.6) is 0 Å². The van der Waals surface area contributed by atoms with Crippen LogP contribution in [0.15, 0.2) is 64.1 Å². The molecular formula is C22H22FN7O3. The lowest BCUT2D eigenvalue weighted by molar-refractivity contribution is -0.132. The molecule has 1 aliphatic heterocycles. The number of carbonyl (C=O) groups is 1. The molecule has 170 valence electrons. The topological polar surface area (TPSA) is 105 Å². The molecule has 0 aliphatic carbocycles. The molecule has 1 saturated heterocycles. The number of amides is 1. The molecule has 1 aromatic carbocycles. The number of nitrogens with one attached hydrogen (secondary N) is 1. The molecule has 4 aromatic rings. The van der Waals surface area contributed by atoms with Gasteiger partial charge in [-0.25, -0.2) is 4.39 Å². The van der Waals surface area contributed by atoms with E-state index in [-0.39, 0.29) is 18.3 Å². The maximum absolute atomic E-state index is 14.9. The second-order valence-corrected chi connectivity index (χ2v) is 7.65. The Balaban J connectivity index is 1.19. The van der Waals surface area contributed by atoms with Gasteiger partial charge in [0.25, 0.3) is 0 Å². The fourth-order valence-corrected chi connectivity index (χ4v) is 3.77. The molecule has 1 aliphatic rings. The quantitative estimate of drug-likeness (QED) is 0.457. The van der Waals surface area contributed by atoms with Crippen LogP contribution in [0.4, 0.5) is 15.9 Å². The van der Waals surface area contributed by atoms with E-state index >= 15 is 0 Å². The first-order valence-electron chi connectivity index (χ1n) is 10.6. The Hall–Kier alpha value is -4.15. The molecule has 4 heterocycles. The highest BCUT2D eigenvalue weighted by Gasteiger charge is 2.23. The summed E-state index contributed by atoms with van der Waals surface area (Å²) in [6, 6.07) is 10.3. The van der Waals surface area contributed by atoms with Crippen LogP contribution >= 0.6 is 0 Å². The highest BCUT2D eigenvalue weighted by molar-refractivity contribution is 5.76. The van der Waals surface area contributed by atoms with Gasteiger partial charge in [0, 0.05) is 56.3 Å². The molecule has 1 N–H and O–H groups in total. The van der Waals surface area contributed by atoms with E-state index < -0.39 is 0 Å². The fraction of sp³-hybridized carbons (Fsp3) is 0.273. The van der Waals surface area contributed by atoms with E-state index in [0.717, 1.165) is 0 Å². The van der Waals surface area contributed by atoms with Crippen LogP contribution in [0.2, 0.25) is 0 Å². The molecule has 0 unspecified atom stereocenters. The number of piperazine rings is 1. The van der Waals surface area contributed by atoms with E-state index in [0.29, 0.717) is 61.2 Å². The average molecular weight is 451 g/mol. The number of hydrogen-bond donors (Lipinski definition) is 1. The van der Waals surface area contributed by atoms with Crippen molar-refractivity contribution in [3.63, 3.8) is 0 Å². The van der Waals surface area contributed by atoms with E-state index in [1.165, 1.54) is 12.3 Å². The number of halogens is 1. The summed E-state index contributed by atoms with van der Waals surface area (Å²) in [5.41, 5.74) is 1.68. The number of rotatable bonds is 7. The SMILES string of the molecule is O=C(Cn1cccn1)N1CCN(c2ccc(-c3cc(CNc4ccon4)on3)cc2F)CC1. The molecule has 0 spiro atoms. The van der Waals surface area contributed by atoms with E-state index in [1.807, 2.05) is 11.0 Å². The van der Waals surface area contributed by atoms with Gasteiger partial charge in [-0.1, -0.05) is 16.4 Å². The van der Waals surface area contributed by atoms with E-state index in [9.17, 15) is 9.18 Å². The average Bonchev–Trinajstić information content (AvgIpc) is 3.61. The van der Waals surface area contributed by atoms with Gasteiger partial charge < -0.3 is 24.2 Å². The van der Waals surface area contributed by atoms with Crippen LogP contribution in [0.3, 0.4) is 0 Å². The number of benzene rings is 1. The summed E-state index contributed by atoms with van der Waals surface area (Å²) in [6.45, 7) is 2.78. The van der Waals surface area contributed by atoms with Crippen LogP contribution in [0.1, 0.15) is 5.76 Å². The number of nitrogens with zero attached hydrogens (tertiary/aromatic N) is 6. The first kappa shape index (κ1) is 20.7. The Morgan fingerprint density at radius 3 is 2.73 bits per heavy atom. The number of anilines is 2. The normalized spacial score (nSPS) is 14.0. The smallest absolute Gasteiger partial charge is 0.244 e. The van der Waals surface area contributed by atoms with Gasteiger partial charge in [0.1, 0.15) is 24.3 Å². The molecule has 33 heavy (non-hydrogen) atoms. The standard InChI is InChI=1S/C22H22FN7O3/c23-18-12-16(19-13-17(33-26-19)14-24-21-4-11-32-27-21)2-3-20(18)28-7-9-29(10-8-28)22(31)15-30-6-1-5-25-30/h1-6,11-13H,7-10,14-15H2,(H,24,27). The third-order valence-corrected chi connectivity index (χ3v) is 5.51. The molecule has 0 saturated carbocycles. The summed E-state index contributed by atoms with van der Waals surface area (Å²) in [7, 11) is 0. The van der Waals surface area contributed by atoms with Gasteiger partial charge in [-0.05, 0) is 18.2 Å². The van der Waals surface area contributed by atoms with Crippen LogP contribution in [0.25, 0.3) is 11.3 Å². The van der Waals surface area contributed by atoms with Crippen molar-refractivity contribution in [1.29, 1.82) is 0 Å². The molecule has 1 fully saturated rings. The van der Waals surface area contributed by atoms with Crippen molar-refractivity contribution < 1.29 is 18.2 Å². The fourth-order valence-electron chi connectivity index (χ4n) is 3.77. The van der Waals surface area contributed by atoms with Gasteiger partial charge in [-0.15, -0.1) is 0 Å². The molecule has 0 atom stereocenters. The molecule has 5 rings (SSSR count). The molecule has 0 radical (unpaired) electrons. The molecule has 3 aromatic heterocycles. The Morgan fingerprint density at radius 2 is 2.00 bits per heavy atom.